The van der Waals surface area contributed by atoms with E-state index in [1.165, 1.54) is 17.1 Å². The number of primary amides is 1. The highest BCUT2D eigenvalue weighted by Gasteiger charge is 2.27. The molecule has 8 nitrogen and oxygen atoms in total. The van der Waals surface area contributed by atoms with E-state index < -0.39 is 11.9 Å². The smallest absolute Gasteiger partial charge is 0.244 e. The summed E-state index contributed by atoms with van der Waals surface area (Å²) in [5, 5.41) is 14.9. The minimum atomic E-state index is -0.635. The Hall–Kier alpha value is -2.25. The van der Waals surface area contributed by atoms with Crippen molar-refractivity contribution in [1.82, 2.24) is 30.0 Å². The molecule has 1 amide bonds. The number of carbonyl (C=O) groups excluding carboxylic acids is 1. The standard InChI is InChI=1S/C8H11N7O/c1-6(14-4-2-10-12-14)7(8(9)16)15-5-3-11-13-15/h2-7H,1H3,(H2,9,16). The molecule has 0 aliphatic heterocycles. The SMILES string of the molecule is CC(C(C(N)=O)n1ccnn1)n1ccnn1. The van der Waals surface area contributed by atoms with E-state index in [2.05, 4.69) is 20.6 Å². The van der Waals surface area contributed by atoms with E-state index in [4.69, 9.17) is 5.73 Å². The second-order valence-corrected chi connectivity index (χ2v) is 3.35. The van der Waals surface area contributed by atoms with Gasteiger partial charge in [0.25, 0.3) is 0 Å². The first kappa shape index (κ1) is 10.3. The average molecular weight is 221 g/mol. The minimum Gasteiger partial charge on any atom is -0.368 e. The number of aromatic nitrogens is 6. The Morgan fingerprint density at radius 2 is 1.75 bits per heavy atom. The van der Waals surface area contributed by atoms with Gasteiger partial charge in [-0.1, -0.05) is 10.4 Å². The molecule has 84 valence electrons. The largest absolute Gasteiger partial charge is 0.368 e. The fraction of sp³-hybridized carbons (Fsp3) is 0.375. The summed E-state index contributed by atoms with van der Waals surface area (Å²) in [5.41, 5.74) is 5.35. The Bertz CT molecular complexity index is 449. The second kappa shape index (κ2) is 4.09. The van der Waals surface area contributed by atoms with Crippen molar-refractivity contribution in [2.45, 2.75) is 19.0 Å². The van der Waals surface area contributed by atoms with Crippen LogP contribution in [-0.4, -0.2) is 35.9 Å². The van der Waals surface area contributed by atoms with Gasteiger partial charge in [0.1, 0.15) is 0 Å². The number of amides is 1. The van der Waals surface area contributed by atoms with Gasteiger partial charge in [0.05, 0.1) is 18.4 Å². The van der Waals surface area contributed by atoms with Gasteiger partial charge in [0.2, 0.25) is 5.91 Å². The lowest BCUT2D eigenvalue weighted by Gasteiger charge is -2.20. The molecule has 2 rings (SSSR count). The van der Waals surface area contributed by atoms with Gasteiger partial charge in [-0.05, 0) is 6.92 Å². The van der Waals surface area contributed by atoms with E-state index >= 15 is 0 Å². The molecule has 0 spiro atoms. The van der Waals surface area contributed by atoms with E-state index in [1.54, 1.807) is 17.1 Å². The zero-order chi connectivity index (χ0) is 11.5. The summed E-state index contributed by atoms with van der Waals surface area (Å²) >= 11 is 0. The van der Waals surface area contributed by atoms with Crippen LogP contribution in [0, 0.1) is 0 Å². The normalized spacial score (nSPS) is 14.6. The van der Waals surface area contributed by atoms with Gasteiger partial charge in [-0.15, -0.1) is 10.2 Å². The van der Waals surface area contributed by atoms with E-state index in [0.29, 0.717) is 0 Å². The molecule has 8 heteroatoms. The summed E-state index contributed by atoms with van der Waals surface area (Å²) in [5.74, 6) is -0.492. The molecule has 0 saturated heterocycles. The van der Waals surface area contributed by atoms with Crippen LogP contribution in [0.1, 0.15) is 19.0 Å². The van der Waals surface area contributed by atoms with Crippen LogP contribution in [0.3, 0.4) is 0 Å². The first-order valence-corrected chi connectivity index (χ1v) is 4.71. The first-order valence-electron chi connectivity index (χ1n) is 4.71. The summed E-state index contributed by atoms with van der Waals surface area (Å²) in [6, 6.07) is -0.911. The summed E-state index contributed by atoms with van der Waals surface area (Å²) in [6.45, 7) is 1.81. The topological polar surface area (TPSA) is 105 Å². The molecule has 2 unspecified atom stereocenters. The fourth-order valence-electron chi connectivity index (χ4n) is 1.53. The lowest BCUT2D eigenvalue weighted by molar-refractivity contribution is -0.122. The minimum absolute atomic E-state index is 0.276. The summed E-state index contributed by atoms with van der Waals surface area (Å²) in [6.07, 6.45) is 6.28. The molecule has 16 heavy (non-hydrogen) atoms. The molecular formula is C8H11N7O. The van der Waals surface area contributed by atoms with Crippen molar-refractivity contribution in [3.05, 3.63) is 24.8 Å². The van der Waals surface area contributed by atoms with Gasteiger partial charge in [0.15, 0.2) is 6.04 Å². The zero-order valence-corrected chi connectivity index (χ0v) is 8.63. The first-order chi connectivity index (χ1) is 7.70. The molecule has 0 aliphatic rings. The van der Waals surface area contributed by atoms with E-state index in [0.717, 1.165) is 0 Å². The zero-order valence-electron chi connectivity index (χ0n) is 8.63. The van der Waals surface area contributed by atoms with Gasteiger partial charge in [0, 0.05) is 12.4 Å². The van der Waals surface area contributed by atoms with Crippen molar-refractivity contribution in [2.24, 2.45) is 5.73 Å². The molecule has 2 aromatic rings. The monoisotopic (exact) mass is 221 g/mol. The van der Waals surface area contributed by atoms with Crippen LogP contribution in [0.4, 0.5) is 0 Å². The Labute approximate surface area is 91.0 Å². The maximum Gasteiger partial charge on any atom is 0.244 e. The van der Waals surface area contributed by atoms with Crippen molar-refractivity contribution in [3.63, 3.8) is 0 Å². The molecule has 0 fully saturated rings. The highest BCUT2D eigenvalue weighted by Crippen LogP contribution is 2.20. The quantitative estimate of drug-likeness (QED) is 0.724. The Morgan fingerprint density at radius 1 is 1.19 bits per heavy atom. The Balaban J connectivity index is 2.31. The van der Waals surface area contributed by atoms with Crippen molar-refractivity contribution >= 4 is 5.91 Å². The van der Waals surface area contributed by atoms with Gasteiger partial charge < -0.3 is 5.73 Å². The van der Waals surface area contributed by atoms with Gasteiger partial charge in [-0.3, -0.25) is 4.79 Å². The third-order valence-electron chi connectivity index (χ3n) is 2.33. The number of nitrogens with two attached hydrogens (primary N) is 1. The summed E-state index contributed by atoms with van der Waals surface area (Å²) in [7, 11) is 0. The van der Waals surface area contributed by atoms with E-state index in [1.807, 2.05) is 6.92 Å². The number of carbonyl (C=O) groups is 1. The molecule has 2 heterocycles. The Kier molecular flexibility index (Phi) is 2.63. The third kappa shape index (κ3) is 1.76. The van der Waals surface area contributed by atoms with E-state index in [-0.39, 0.29) is 6.04 Å². The molecule has 0 radical (unpaired) electrons. The highest BCUT2D eigenvalue weighted by atomic mass is 16.1. The maximum absolute atomic E-state index is 11.4. The fourth-order valence-corrected chi connectivity index (χ4v) is 1.53. The van der Waals surface area contributed by atoms with E-state index in [9.17, 15) is 4.79 Å². The van der Waals surface area contributed by atoms with Crippen LogP contribution in [0.25, 0.3) is 0 Å². The van der Waals surface area contributed by atoms with Crippen LogP contribution in [0.5, 0.6) is 0 Å². The summed E-state index contributed by atoms with van der Waals surface area (Å²) in [4.78, 5) is 11.4. The predicted octanol–water partition coefficient (Wildman–Crippen LogP) is -0.843. The molecule has 0 aromatic carbocycles. The van der Waals surface area contributed by atoms with Crippen LogP contribution in [-0.2, 0) is 4.79 Å². The van der Waals surface area contributed by atoms with Gasteiger partial charge in [-0.2, -0.15) is 0 Å². The molecular weight excluding hydrogens is 210 g/mol. The molecule has 0 aliphatic carbocycles. The van der Waals surface area contributed by atoms with Crippen molar-refractivity contribution in [2.75, 3.05) is 0 Å². The van der Waals surface area contributed by atoms with Crippen molar-refractivity contribution < 1.29 is 4.79 Å². The van der Waals surface area contributed by atoms with Gasteiger partial charge >= 0.3 is 0 Å². The van der Waals surface area contributed by atoms with Gasteiger partial charge in [-0.25, -0.2) is 9.36 Å². The number of hydrogen-bond acceptors (Lipinski definition) is 5. The lowest BCUT2D eigenvalue weighted by atomic mass is 10.1. The molecule has 2 aromatic heterocycles. The molecule has 2 atom stereocenters. The Morgan fingerprint density at radius 3 is 2.19 bits per heavy atom. The lowest BCUT2D eigenvalue weighted by Crippen LogP contribution is -2.33. The number of nitrogens with zero attached hydrogens (tertiary/aromatic N) is 6. The number of rotatable bonds is 4. The van der Waals surface area contributed by atoms with Crippen LogP contribution in [0.2, 0.25) is 0 Å². The average Bonchev–Trinajstić information content (AvgIpc) is 2.89. The van der Waals surface area contributed by atoms with Crippen LogP contribution in [0.15, 0.2) is 24.8 Å². The molecule has 0 bridgehead atoms. The number of hydrogen-bond donors (Lipinski definition) is 1. The predicted molar refractivity (Wildman–Crippen MR) is 53.0 cm³/mol. The van der Waals surface area contributed by atoms with Crippen molar-refractivity contribution in [3.8, 4) is 0 Å². The maximum atomic E-state index is 11.4. The van der Waals surface area contributed by atoms with Crippen LogP contribution < -0.4 is 5.73 Å². The second-order valence-electron chi connectivity index (χ2n) is 3.35. The van der Waals surface area contributed by atoms with Crippen molar-refractivity contribution in [1.29, 1.82) is 0 Å². The molecule has 0 saturated carbocycles. The highest BCUT2D eigenvalue weighted by molar-refractivity contribution is 5.78. The molecule has 2 N–H and O–H groups in total. The summed E-state index contributed by atoms with van der Waals surface area (Å²) < 4.78 is 2.96. The van der Waals surface area contributed by atoms with Crippen LogP contribution >= 0.6 is 0 Å². The third-order valence-corrected chi connectivity index (χ3v) is 2.33.